The minimum absolute atomic E-state index is 0.00316. The van der Waals surface area contributed by atoms with E-state index in [1.807, 2.05) is 0 Å². The predicted octanol–water partition coefficient (Wildman–Crippen LogP) is 3.82. The molecule has 164 valence electrons. The summed E-state index contributed by atoms with van der Waals surface area (Å²) in [6, 6.07) is 5.64. The molecule has 0 bridgehead atoms. The number of nitrogens with one attached hydrogen (secondary N) is 1. The van der Waals surface area contributed by atoms with Crippen LogP contribution < -0.4 is 9.62 Å². The fourth-order valence-electron chi connectivity index (χ4n) is 3.16. The number of hydrogen-bond acceptors (Lipinski definition) is 4. The van der Waals surface area contributed by atoms with Gasteiger partial charge in [-0.05, 0) is 30.2 Å². The van der Waals surface area contributed by atoms with E-state index in [-0.39, 0.29) is 17.9 Å². The van der Waals surface area contributed by atoms with Crippen molar-refractivity contribution >= 4 is 15.8 Å². The molecule has 5 nitrogen and oxygen atoms in total. The Bertz CT molecular complexity index is 990. The Balaban J connectivity index is 1.62. The fraction of sp³-hybridized carbons (Fsp3) is 0.389. The van der Waals surface area contributed by atoms with E-state index < -0.39 is 45.3 Å². The maximum Gasteiger partial charge on any atom is 0.417 e. The van der Waals surface area contributed by atoms with Crippen LogP contribution in [0, 0.1) is 0 Å². The summed E-state index contributed by atoms with van der Waals surface area (Å²) >= 11 is 0. The molecule has 1 fully saturated rings. The standard InChI is InChI=1S/C18H17F6N3O2S/c19-17(20,21)13-3-1-2-12(8-13)11-30(28,29)26-15-6-7-27(10-15)16-5-4-14(9-25-16)18(22,23)24/h1-5,8-9,15,26H,6-7,10-11H2. The van der Waals surface area contributed by atoms with Crippen molar-refractivity contribution in [3.8, 4) is 0 Å². The van der Waals surface area contributed by atoms with Crippen LogP contribution in [0.4, 0.5) is 32.2 Å². The normalized spacial score (nSPS) is 18.1. The van der Waals surface area contributed by atoms with E-state index in [4.69, 9.17) is 0 Å². The van der Waals surface area contributed by atoms with E-state index in [0.29, 0.717) is 19.2 Å². The first-order chi connectivity index (χ1) is 13.8. The van der Waals surface area contributed by atoms with Crippen LogP contribution >= 0.6 is 0 Å². The van der Waals surface area contributed by atoms with E-state index in [0.717, 1.165) is 24.3 Å². The Kier molecular flexibility index (Phi) is 6.01. The monoisotopic (exact) mass is 453 g/mol. The number of nitrogens with zero attached hydrogens (tertiary/aromatic N) is 2. The molecule has 1 atom stereocenters. The van der Waals surface area contributed by atoms with Gasteiger partial charge in [0.15, 0.2) is 0 Å². The van der Waals surface area contributed by atoms with Gasteiger partial charge in [0.05, 0.1) is 16.9 Å². The second-order valence-corrected chi connectivity index (χ2v) is 8.66. The van der Waals surface area contributed by atoms with E-state index in [1.54, 1.807) is 4.90 Å². The van der Waals surface area contributed by atoms with Crippen molar-refractivity contribution in [1.29, 1.82) is 0 Å². The summed E-state index contributed by atoms with van der Waals surface area (Å²) < 4.78 is 103. The van der Waals surface area contributed by atoms with Gasteiger partial charge >= 0.3 is 12.4 Å². The zero-order chi connectivity index (χ0) is 22.2. The zero-order valence-corrected chi connectivity index (χ0v) is 16.2. The number of rotatable bonds is 5. The first-order valence-corrected chi connectivity index (χ1v) is 10.4. The molecule has 0 radical (unpaired) electrons. The lowest BCUT2D eigenvalue weighted by Gasteiger charge is -2.18. The van der Waals surface area contributed by atoms with Gasteiger partial charge in [-0.25, -0.2) is 18.1 Å². The Morgan fingerprint density at radius 1 is 1.03 bits per heavy atom. The molecule has 30 heavy (non-hydrogen) atoms. The second-order valence-electron chi connectivity index (χ2n) is 6.91. The number of alkyl halides is 6. The van der Waals surface area contributed by atoms with Gasteiger partial charge in [-0.1, -0.05) is 18.2 Å². The molecule has 2 aromatic rings. The molecule has 12 heteroatoms. The number of hydrogen-bond donors (Lipinski definition) is 1. The highest BCUT2D eigenvalue weighted by Crippen LogP contribution is 2.31. The summed E-state index contributed by atoms with van der Waals surface area (Å²) in [5, 5.41) is 0. The lowest BCUT2D eigenvalue weighted by atomic mass is 10.1. The zero-order valence-electron chi connectivity index (χ0n) is 15.3. The molecular formula is C18H17F6N3O2S. The van der Waals surface area contributed by atoms with Crippen molar-refractivity contribution in [2.75, 3.05) is 18.0 Å². The number of sulfonamides is 1. The smallest absolute Gasteiger partial charge is 0.355 e. The summed E-state index contributed by atoms with van der Waals surface area (Å²) in [4.78, 5) is 5.42. The van der Waals surface area contributed by atoms with Gasteiger partial charge in [-0.3, -0.25) is 0 Å². The van der Waals surface area contributed by atoms with Crippen molar-refractivity contribution in [1.82, 2.24) is 9.71 Å². The first kappa shape index (κ1) is 22.3. The maximum absolute atomic E-state index is 12.8. The third kappa shape index (κ3) is 5.63. The predicted molar refractivity (Wildman–Crippen MR) is 97.1 cm³/mol. The van der Waals surface area contributed by atoms with Crippen LogP contribution in [0.5, 0.6) is 0 Å². The van der Waals surface area contributed by atoms with Crippen LogP contribution in [0.3, 0.4) is 0 Å². The van der Waals surface area contributed by atoms with Gasteiger partial charge in [0.2, 0.25) is 10.0 Å². The molecule has 2 heterocycles. The molecule has 0 aliphatic carbocycles. The number of anilines is 1. The van der Waals surface area contributed by atoms with Gasteiger partial charge in [-0.2, -0.15) is 26.3 Å². The van der Waals surface area contributed by atoms with Gasteiger partial charge in [0.1, 0.15) is 5.82 Å². The lowest BCUT2D eigenvalue weighted by molar-refractivity contribution is -0.138. The Labute approximate surface area is 168 Å². The summed E-state index contributed by atoms with van der Waals surface area (Å²) in [5.41, 5.74) is -1.82. The summed E-state index contributed by atoms with van der Waals surface area (Å²) in [6.07, 6.45) is -7.99. The molecule has 0 spiro atoms. The van der Waals surface area contributed by atoms with E-state index >= 15 is 0 Å². The van der Waals surface area contributed by atoms with Crippen LogP contribution in [0.1, 0.15) is 23.1 Å². The minimum atomic E-state index is -4.58. The molecule has 1 aromatic heterocycles. The Morgan fingerprint density at radius 2 is 1.73 bits per heavy atom. The molecule has 0 amide bonds. The van der Waals surface area contributed by atoms with Crippen LogP contribution in [0.15, 0.2) is 42.6 Å². The van der Waals surface area contributed by atoms with Crippen molar-refractivity contribution in [2.24, 2.45) is 0 Å². The van der Waals surface area contributed by atoms with Gasteiger partial charge in [0.25, 0.3) is 0 Å². The Morgan fingerprint density at radius 3 is 2.33 bits per heavy atom. The number of benzene rings is 1. The van der Waals surface area contributed by atoms with Gasteiger partial charge in [-0.15, -0.1) is 0 Å². The van der Waals surface area contributed by atoms with Crippen molar-refractivity contribution in [2.45, 2.75) is 30.6 Å². The first-order valence-electron chi connectivity index (χ1n) is 8.78. The molecular weight excluding hydrogens is 436 g/mol. The van der Waals surface area contributed by atoms with Crippen LogP contribution in [0.2, 0.25) is 0 Å². The van der Waals surface area contributed by atoms with Crippen LogP contribution in [0.25, 0.3) is 0 Å². The molecule has 1 N–H and O–H groups in total. The SMILES string of the molecule is O=S(=O)(Cc1cccc(C(F)(F)F)c1)NC1CCN(c2ccc(C(F)(F)F)cn2)C1. The molecule has 1 saturated heterocycles. The Hall–Kier alpha value is -2.34. The highest BCUT2D eigenvalue weighted by atomic mass is 32.2. The van der Waals surface area contributed by atoms with Crippen molar-refractivity contribution in [3.05, 3.63) is 59.3 Å². The van der Waals surface area contributed by atoms with Gasteiger partial charge in [0, 0.05) is 25.3 Å². The highest BCUT2D eigenvalue weighted by molar-refractivity contribution is 7.88. The largest absolute Gasteiger partial charge is 0.417 e. The third-order valence-corrected chi connectivity index (χ3v) is 5.95. The number of aromatic nitrogens is 1. The molecule has 1 unspecified atom stereocenters. The number of pyridine rings is 1. The molecule has 3 rings (SSSR count). The minimum Gasteiger partial charge on any atom is -0.355 e. The van der Waals surface area contributed by atoms with Gasteiger partial charge < -0.3 is 4.90 Å². The quantitative estimate of drug-likeness (QED) is 0.700. The van der Waals surface area contributed by atoms with Crippen LogP contribution in [-0.4, -0.2) is 32.5 Å². The average Bonchev–Trinajstić information content (AvgIpc) is 3.08. The summed E-state index contributed by atoms with van der Waals surface area (Å²) in [6.45, 7) is 0.551. The molecule has 1 aromatic carbocycles. The fourth-order valence-corrected chi connectivity index (χ4v) is 4.56. The van der Waals surface area contributed by atoms with Crippen molar-refractivity contribution < 1.29 is 34.8 Å². The molecule has 1 aliphatic heterocycles. The van der Waals surface area contributed by atoms with E-state index in [2.05, 4.69) is 9.71 Å². The third-order valence-electron chi connectivity index (χ3n) is 4.54. The van der Waals surface area contributed by atoms with E-state index in [9.17, 15) is 34.8 Å². The van der Waals surface area contributed by atoms with Crippen LogP contribution in [-0.2, 0) is 28.1 Å². The lowest BCUT2D eigenvalue weighted by Crippen LogP contribution is -2.37. The maximum atomic E-state index is 12.8. The topological polar surface area (TPSA) is 62.3 Å². The van der Waals surface area contributed by atoms with Crippen molar-refractivity contribution in [3.63, 3.8) is 0 Å². The number of halogens is 6. The summed E-state index contributed by atoms with van der Waals surface area (Å²) in [5.74, 6) is -0.339. The second kappa shape index (κ2) is 8.06. The molecule has 0 saturated carbocycles. The van der Waals surface area contributed by atoms with E-state index in [1.165, 1.54) is 12.1 Å². The summed E-state index contributed by atoms with van der Waals surface area (Å²) in [7, 11) is -3.93. The molecule has 1 aliphatic rings. The highest BCUT2D eigenvalue weighted by Gasteiger charge is 2.33. The average molecular weight is 453 g/mol.